The average molecular weight is 260 g/mol. The number of aliphatic hydroxyl groups is 1. The Labute approximate surface area is 111 Å². The third kappa shape index (κ3) is 2.38. The summed E-state index contributed by atoms with van der Waals surface area (Å²) >= 11 is 0. The minimum Gasteiger partial charge on any atom is -0.507 e. The third-order valence-electron chi connectivity index (χ3n) is 3.28. The van der Waals surface area contributed by atoms with Gasteiger partial charge in [0.25, 0.3) is 0 Å². The molecule has 1 aromatic rings. The molecule has 1 unspecified atom stereocenters. The van der Waals surface area contributed by atoms with Crippen molar-refractivity contribution in [2.75, 3.05) is 6.61 Å². The Kier molecular flexibility index (Phi) is 3.69. The normalized spacial score (nSPS) is 17.9. The highest BCUT2D eigenvalue weighted by Crippen LogP contribution is 2.38. The molecule has 0 bridgehead atoms. The predicted molar refractivity (Wildman–Crippen MR) is 70.7 cm³/mol. The molecule has 0 aromatic heterocycles. The number of allylic oxidation sites excluding steroid dienone is 1. The zero-order valence-corrected chi connectivity index (χ0v) is 11.0. The summed E-state index contributed by atoms with van der Waals surface area (Å²) in [4.78, 5) is 23.6. The SMILES string of the molecule is CCOC(=O)C1CC(C(C)=O)=C(O)c2ccccc21. The lowest BCUT2D eigenvalue weighted by atomic mass is 9.81. The molecule has 0 amide bonds. The van der Waals surface area contributed by atoms with Crippen LogP contribution < -0.4 is 0 Å². The molecule has 19 heavy (non-hydrogen) atoms. The lowest BCUT2D eigenvalue weighted by Crippen LogP contribution is -2.23. The van der Waals surface area contributed by atoms with Crippen LogP contribution in [0.15, 0.2) is 29.8 Å². The molecular formula is C15H16O4. The van der Waals surface area contributed by atoms with Crippen LogP contribution in [-0.4, -0.2) is 23.5 Å². The van der Waals surface area contributed by atoms with E-state index in [1.807, 2.05) is 0 Å². The van der Waals surface area contributed by atoms with Crippen LogP contribution in [0.25, 0.3) is 5.76 Å². The van der Waals surface area contributed by atoms with Gasteiger partial charge in [0.1, 0.15) is 5.76 Å². The quantitative estimate of drug-likeness (QED) is 0.848. The van der Waals surface area contributed by atoms with E-state index in [4.69, 9.17) is 4.74 Å². The summed E-state index contributed by atoms with van der Waals surface area (Å²) < 4.78 is 5.05. The number of ketones is 1. The molecule has 1 aliphatic carbocycles. The molecule has 1 atom stereocenters. The van der Waals surface area contributed by atoms with E-state index in [1.54, 1.807) is 31.2 Å². The van der Waals surface area contributed by atoms with Gasteiger partial charge in [0.2, 0.25) is 0 Å². The van der Waals surface area contributed by atoms with Crippen LogP contribution in [0, 0.1) is 0 Å². The van der Waals surface area contributed by atoms with Gasteiger partial charge in [0, 0.05) is 11.1 Å². The molecule has 1 N–H and O–H groups in total. The maximum atomic E-state index is 12.0. The molecule has 0 spiro atoms. The number of rotatable bonds is 3. The fourth-order valence-corrected chi connectivity index (χ4v) is 2.35. The van der Waals surface area contributed by atoms with E-state index in [0.717, 1.165) is 0 Å². The first-order valence-corrected chi connectivity index (χ1v) is 6.25. The largest absolute Gasteiger partial charge is 0.507 e. The van der Waals surface area contributed by atoms with Crippen molar-refractivity contribution in [3.8, 4) is 0 Å². The van der Waals surface area contributed by atoms with Crippen molar-refractivity contribution >= 4 is 17.5 Å². The van der Waals surface area contributed by atoms with Gasteiger partial charge in [-0.05, 0) is 25.8 Å². The monoisotopic (exact) mass is 260 g/mol. The van der Waals surface area contributed by atoms with E-state index < -0.39 is 5.92 Å². The van der Waals surface area contributed by atoms with Gasteiger partial charge in [-0.25, -0.2) is 0 Å². The molecular weight excluding hydrogens is 244 g/mol. The fourth-order valence-electron chi connectivity index (χ4n) is 2.35. The van der Waals surface area contributed by atoms with Crippen molar-refractivity contribution in [3.05, 3.63) is 41.0 Å². The van der Waals surface area contributed by atoms with Crippen molar-refractivity contribution in [1.29, 1.82) is 0 Å². The second-order valence-corrected chi connectivity index (χ2v) is 4.48. The van der Waals surface area contributed by atoms with Crippen molar-refractivity contribution in [2.45, 2.75) is 26.2 Å². The predicted octanol–water partition coefficient (Wildman–Crippen LogP) is 2.60. The number of Topliss-reactive ketones (excluding diaryl/α,β-unsaturated/α-hetero) is 1. The lowest BCUT2D eigenvalue weighted by molar-refractivity contribution is -0.145. The first-order valence-electron chi connectivity index (χ1n) is 6.25. The van der Waals surface area contributed by atoms with Gasteiger partial charge in [-0.15, -0.1) is 0 Å². The number of ether oxygens (including phenoxy) is 1. The van der Waals surface area contributed by atoms with Crippen molar-refractivity contribution in [2.24, 2.45) is 0 Å². The molecule has 0 aliphatic heterocycles. The molecule has 4 heteroatoms. The Morgan fingerprint density at radius 1 is 1.37 bits per heavy atom. The Morgan fingerprint density at radius 2 is 2.05 bits per heavy atom. The third-order valence-corrected chi connectivity index (χ3v) is 3.28. The second-order valence-electron chi connectivity index (χ2n) is 4.48. The summed E-state index contributed by atoms with van der Waals surface area (Å²) in [5.74, 6) is -1.13. The highest BCUT2D eigenvalue weighted by atomic mass is 16.5. The standard InChI is InChI=1S/C15H16O4/c1-3-19-15(18)13-8-12(9(2)16)14(17)11-7-5-4-6-10(11)13/h4-7,13,17H,3,8H2,1-2H3. The van der Waals surface area contributed by atoms with E-state index in [-0.39, 0.29) is 29.5 Å². The molecule has 0 saturated heterocycles. The van der Waals surface area contributed by atoms with Gasteiger partial charge in [-0.1, -0.05) is 24.3 Å². The van der Waals surface area contributed by atoms with E-state index in [0.29, 0.717) is 17.7 Å². The maximum absolute atomic E-state index is 12.0. The molecule has 0 radical (unpaired) electrons. The molecule has 0 saturated carbocycles. The van der Waals surface area contributed by atoms with Crippen LogP contribution in [0.5, 0.6) is 0 Å². The second kappa shape index (κ2) is 5.26. The van der Waals surface area contributed by atoms with Crippen molar-refractivity contribution in [3.63, 3.8) is 0 Å². The molecule has 1 aromatic carbocycles. The number of benzene rings is 1. The highest BCUT2D eigenvalue weighted by Gasteiger charge is 2.33. The topological polar surface area (TPSA) is 63.6 Å². The van der Waals surface area contributed by atoms with Crippen LogP contribution >= 0.6 is 0 Å². The molecule has 0 heterocycles. The highest BCUT2D eigenvalue weighted by molar-refractivity contribution is 6.02. The molecule has 0 fully saturated rings. The Hall–Kier alpha value is -2.10. The number of hydrogen-bond donors (Lipinski definition) is 1. The summed E-state index contributed by atoms with van der Waals surface area (Å²) in [5, 5.41) is 10.1. The minimum atomic E-state index is -0.522. The van der Waals surface area contributed by atoms with E-state index in [1.165, 1.54) is 6.92 Å². The zero-order chi connectivity index (χ0) is 14.0. The number of aliphatic hydroxyl groups excluding tert-OH is 1. The Morgan fingerprint density at radius 3 is 2.68 bits per heavy atom. The van der Waals surface area contributed by atoms with Crippen LogP contribution in [0.3, 0.4) is 0 Å². The maximum Gasteiger partial charge on any atom is 0.313 e. The summed E-state index contributed by atoms with van der Waals surface area (Å²) in [7, 11) is 0. The van der Waals surface area contributed by atoms with Crippen LogP contribution in [-0.2, 0) is 14.3 Å². The number of hydrogen-bond acceptors (Lipinski definition) is 4. The average Bonchev–Trinajstić information content (AvgIpc) is 2.39. The number of carbonyl (C=O) groups excluding carboxylic acids is 2. The fraction of sp³-hybridized carbons (Fsp3) is 0.333. The summed E-state index contributed by atoms with van der Waals surface area (Å²) in [6.45, 7) is 3.43. The van der Waals surface area contributed by atoms with Gasteiger partial charge in [-0.3, -0.25) is 9.59 Å². The Bertz CT molecular complexity index is 557. The van der Waals surface area contributed by atoms with E-state index in [2.05, 4.69) is 0 Å². The number of carbonyl (C=O) groups is 2. The first kappa shape index (κ1) is 13.3. The number of esters is 1. The minimum absolute atomic E-state index is 0.0244. The molecule has 2 rings (SSSR count). The lowest BCUT2D eigenvalue weighted by Gasteiger charge is -2.25. The van der Waals surface area contributed by atoms with Gasteiger partial charge in [-0.2, -0.15) is 0 Å². The first-order chi connectivity index (χ1) is 9.06. The van der Waals surface area contributed by atoms with Gasteiger partial charge >= 0.3 is 5.97 Å². The van der Waals surface area contributed by atoms with Crippen molar-refractivity contribution < 1.29 is 19.4 Å². The van der Waals surface area contributed by atoms with E-state index in [9.17, 15) is 14.7 Å². The van der Waals surface area contributed by atoms with Crippen LogP contribution in [0.4, 0.5) is 0 Å². The Balaban J connectivity index is 2.51. The van der Waals surface area contributed by atoms with Gasteiger partial charge in [0.05, 0.1) is 12.5 Å². The smallest absolute Gasteiger partial charge is 0.313 e. The summed E-state index contributed by atoms with van der Waals surface area (Å²) in [6.07, 6.45) is 0.191. The summed E-state index contributed by atoms with van der Waals surface area (Å²) in [6, 6.07) is 7.06. The van der Waals surface area contributed by atoms with Crippen LogP contribution in [0.2, 0.25) is 0 Å². The van der Waals surface area contributed by atoms with E-state index >= 15 is 0 Å². The summed E-state index contributed by atoms with van der Waals surface area (Å²) in [5.41, 5.74) is 1.54. The van der Waals surface area contributed by atoms with Crippen LogP contribution in [0.1, 0.15) is 37.3 Å². The van der Waals surface area contributed by atoms with Crippen molar-refractivity contribution in [1.82, 2.24) is 0 Å². The molecule has 1 aliphatic rings. The molecule has 4 nitrogen and oxygen atoms in total. The number of fused-ring (bicyclic) bond motifs is 1. The van der Waals surface area contributed by atoms with Gasteiger partial charge in [0.15, 0.2) is 5.78 Å². The van der Waals surface area contributed by atoms with Gasteiger partial charge < -0.3 is 9.84 Å². The molecule has 100 valence electrons. The zero-order valence-electron chi connectivity index (χ0n) is 11.0.